The van der Waals surface area contributed by atoms with E-state index in [1.807, 2.05) is 0 Å². The summed E-state index contributed by atoms with van der Waals surface area (Å²) in [6.45, 7) is 0. The minimum atomic E-state index is -1.72. The van der Waals surface area contributed by atoms with Gasteiger partial charge in [-0.2, -0.15) is 0 Å². The highest BCUT2D eigenvalue weighted by Gasteiger charge is 2.54. The van der Waals surface area contributed by atoms with Crippen molar-refractivity contribution in [1.82, 2.24) is 15.5 Å². The first-order chi connectivity index (χ1) is 18.4. The summed E-state index contributed by atoms with van der Waals surface area (Å²) < 4.78 is 39.5. The molecule has 4 rings (SSSR count). The lowest BCUT2D eigenvalue weighted by Gasteiger charge is -2.49. The van der Waals surface area contributed by atoms with Crippen molar-refractivity contribution >= 4 is 47.1 Å². The molecule has 2 aromatic rings. The number of fused-ring (bicyclic) bond motifs is 1. The molecule has 34 heavy (non-hydrogen) atoms. The lowest BCUT2D eigenvalue weighted by molar-refractivity contribution is -0.151. The van der Waals surface area contributed by atoms with Crippen LogP contribution in [-0.4, -0.2) is 50.9 Å². The van der Waals surface area contributed by atoms with Gasteiger partial charge in [0, 0.05) is 5.75 Å². The summed E-state index contributed by atoms with van der Waals surface area (Å²) in [4.78, 5) is 51.9. The number of β-lactam (4-membered cyclic amide) rings is 1. The van der Waals surface area contributed by atoms with Crippen molar-refractivity contribution in [2.75, 3.05) is 5.75 Å². The Morgan fingerprint density at radius 2 is 1.82 bits per heavy atom. The van der Waals surface area contributed by atoms with Gasteiger partial charge in [-0.25, -0.2) is 4.79 Å². The quantitative estimate of drug-likeness (QED) is 0.417. The number of aliphatic carboxylic acids is 1. The Hall–Kier alpha value is -3.34. The second-order valence-corrected chi connectivity index (χ2v) is 8.88. The van der Waals surface area contributed by atoms with E-state index in [4.69, 9.17) is 24.2 Å². The van der Waals surface area contributed by atoms with Gasteiger partial charge in [0.05, 0.1) is 11.9 Å². The molecule has 3 amide bonds. The van der Waals surface area contributed by atoms with Gasteiger partial charge >= 0.3 is 5.97 Å². The van der Waals surface area contributed by atoms with E-state index in [9.17, 15) is 24.3 Å². The number of nitrogens with one attached hydrogen (secondary N) is 2. The number of halogens is 1. The van der Waals surface area contributed by atoms with Crippen LogP contribution in [-0.2, 0) is 19.2 Å². The van der Waals surface area contributed by atoms with Crippen molar-refractivity contribution in [3.8, 4) is 0 Å². The number of nitrogens with zero attached hydrogens (tertiary/aromatic N) is 1. The van der Waals surface area contributed by atoms with Crippen LogP contribution in [0.4, 0.5) is 0 Å². The van der Waals surface area contributed by atoms with Gasteiger partial charge in [0.25, 0.3) is 5.91 Å². The van der Waals surface area contributed by atoms with Gasteiger partial charge in [0.2, 0.25) is 11.8 Å². The highest BCUT2D eigenvalue weighted by Crippen LogP contribution is 2.41. The maximum Gasteiger partial charge on any atom is 0.353 e. The largest absolute Gasteiger partial charge is 0.477 e. The molecule has 2 heterocycles. The number of carboxylic acid groups (broad SMARTS) is 1. The minimum absolute atomic E-state index is 0.00191. The van der Waals surface area contributed by atoms with E-state index in [1.165, 1.54) is 12.1 Å². The summed E-state index contributed by atoms with van der Waals surface area (Å²) in [7, 11) is 0. The summed E-state index contributed by atoms with van der Waals surface area (Å²) in [6, 6.07) is 0.469. The average Bonchev–Trinajstić information content (AvgIpc) is 2.92. The summed E-state index contributed by atoms with van der Waals surface area (Å²) in [5, 5.41) is 13.7. The van der Waals surface area contributed by atoms with Crippen LogP contribution in [0.3, 0.4) is 0 Å². The molecule has 9 nitrogen and oxygen atoms in total. The van der Waals surface area contributed by atoms with E-state index in [0.29, 0.717) is 5.56 Å². The third-order valence-corrected chi connectivity index (χ3v) is 6.97. The SMILES string of the molecule is [2H]c1c([2H])c([2H])c([C@@H](N)C(=O)N[C@@H](C(=O)N[C@@H]2C(=O)N3C(C(=O)O)=C(Cl)CS[C@H]23)c2ccccc2)c([2H])c1[2H]. The summed E-state index contributed by atoms with van der Waals surface area (Å²) in [5.41, 5.74) is 5.52. The first-order valence-electron chi connectivity index (χ1n) is 12.4. The van der Waals surface area contributed by atoms with Crippen molar-refractivity contribution in [2.45, 2.75) is 23.5 Å². The van der Waals surface area contributed by atoms with Crippen LogP contribution in [0.25, 0.3) is 0 Å². The molecule has 2 aliphatic heterocycles. The number of amides is 3. The average molecular weight is 506 g/mol. The molecule has 0 unspecified atom stereocenters. The van der Waals surface area contributed by atoms with Crippen LogP contribution in [0.2, 0.25) is 0 Å². The van der Waals surface area contributed by atoms with Crippen LogP contribution < -0.4 is 16.4 Å². The van der Waals surface area contributed by atoms with Crippen LogP contribution in [0, 0.1) is 0 Å². The summed E-state index contributed by atoms with van der Waals surface area (Å²) >= 11 is 7.15. The highest BCUT2D eigenvalue weighted by atomic mass is 35.5. The molecular weight excluding hydrogens is 480 g/mol. The molecule has 0 bridgehead atoms. The Morgan fingerprint density at radius 3 is 2.47 bits per heavy atom. The molecule has 0 radical (unpaired) electrons. The summed E-state index contributed by atoms with van der Waals surface area (Å²) in [6.07, 6.45) is 0. The molecule has 4 atom stereocenters. The molecule has 0 aliphatic carbocycles. The van der Waals surface area contributed by atoms with Crippen molar-refractivity contribution in [2.24, 2.45) is 5.73 Å². The van der Waals surface area contributed by atoms with Crippen LogP contribution in [0.15, 0.2) is 71.3 Å². The lowest BCUT2D eigenvalue weighted by atomic mass is 10.0. The van der Waals surface area contributed by atoms with E-state index >= 15 is 0 Å². The number of hydrogen-bond acceptors (Lipinski definition) is 6. The number of benzene rings is 2. The van der Waals surface area contributed by atoms with Crippen LogP contribution in [0.5, 0.6) is 0 Å². The number of carboxylic acids is 1. The minimum Gasteiger partial charge on any atom is -0.477 e. The summed E-state index contributed by atoms with van der Waals surface area (Å²) in [5.74, 6) is -3.76. The molecule has 2 aromatic carbocycles. The second kappa shape index (κ2) is 9.88. The Balaban J connectivity index is 1.58. The smallest absolute Gasteiger partial charge is 0.353 e. The molecule has 5 N–H and O–H groups in total. The van der Waals surface area contributed by atoms with Gasteiger partial charge < -0.3 is 21.5 Å². The van der Waals surface area contributed by atoms with E-state index in [2.05, 4.69) is 10.6 Å². The molecule has 1 saturated heterocycles. The normalized spacial score (nSPS) is 23.2. The fourth-order valence-corrected chi connectivity index (χ4v) is 5.09. The molecular formula is C23H21ClN4O5S. The number of hydrogen-bond donors (Lipinski definition) is 4. The molecule has 0 spiro atoms. The fraction of sp³-hybridized carbons (Fsp3) is 0.217. The van der Waals surface area contributed by atoms with Crippen LogP contribution >= 0.6 is 23.4 Å². The maximum atomic E-state index is 13.4. The Bertz CT molecular complexity index is 1400. The van der Waals surface area contributed by atoms with Gasteiger partial charge in [0.1, 0.15) is 29.2 Å². The van der Waals surface area contributed by atoms with E-state index < -0.39 is 83.0 Å². The molecule has 0 saturated carbocycles. The third kappa shape index (κ3) is 4.52. The molecule has 0 aromatic heterocycles. The van der Waals surface area contributed by atoms with Crippen molar-refractivity contribution in [3.05, 3.63) is 82.4 Å². The zero-order valence-corrected chi connectivity index (χ0v) is 18.9. The fourth-order valence-electron chi connectivity index (χ4n) is 3.54. The predicted octanol–water partition coefficient (Wildman–Crippen LogP) is 1.48. The first kappa shape index (κ1) is 18.0. The number of carbonyl (C=O) groups is 4. The number of thioether (sulfide) groups is 1. The van der Waals surface area contributed by atoms with Crippen LogP contribution in [0.1, 0.15) is 30.1 Å². The standard InChI is InChI=1S/C23H21ClN4O5S/c24-14-11-34-22-17(21(31)28(22)18(14)23(32)33)27-20(30)16(13-9-5-2-6-10-13)26-19(29)15(25)12-7-3-1-4-8-12/h1-10,15-17,22H,11,25H2,(H,26,29)(H,27,30)(H,32,33)/t15-,16-,17-,22-/m1/s1/i1D,3D,4D,7D,8D. The van der Waals surface area contributed by atoms with Gasteiger partial charge in [0.15, 0.2) is 0 Å². The highest BCUT2D eigenvalue weighted by molar-refractivity contribution is 8.00. The van der Waals surface area contributed by atoms with Gasteiger partial charge in [-0.1, -0.05) is 72.1 Å². The third-order valence-electron chi connectivity index (χ3n) is 5.22. The monoisotopic (exact) mass is 505 g/mol. The maximum absolute atomic E-state index is 13.4. The first-order valence-corrected chi connectivity index (χ1v) is 11.3. The zero-order valence-electron chi connectivity index (χ0n) is 22.3. The number of nitrogens with two attached hydrogens (primary N) is 1. The molecule has 1 fully saturated rings. The molecule has 11 heteroatoms. The zero-order chi connectivity index (χ0) is 28.8. The lowest BCUT2D eigenvalue weighted by Crippen LogP contribution is -2.71. The van der Waals surface area contributed by atoms with Crippen molar-refractivity contribution in [3.63, 3.8) is 0 Å². The van der Waals surface area contributed by atoms with Gasteiger partial charge in [-0.05, 0) is 11.1 Å². The Labute approximate surface area is 211 Å². The molecule has 2 aliphatic rings. The van der Waals surface area contributed by atoms with E-state index in [1.54, 1.807) is 18.2 Å². The van der Waals surface area contributed by atoms with E-state index in [0.717, 1.165) is 16.7 Å². The molecule has 176 valence electrons. The van der Waals surface area contributed by atoms with Crippen molar-refractivity contribution in [1.29, 1.82) is 0 Å². The van der Waals surface area contributed by atoms with Gasteiger partial charge in [-0.3, -0.25) is 19.3 Å². The topological polar surface area (TPSA) is 142 Å². The number of rotatable bonds is 7. The number of carbonyl (C=O) groups excluding carboxylic acids is 3. The Morgan fingerprint density at radius 1 is 1.15 bits per heavy atom. The van der Waals surface area contributed by atoms with Gasteiger partial charge in [-0.15, -0.1) is 11.8 Å². The second-order valence-electron chi connectivity index (χ2n) is 7.32. The van der Waals surface area contributed by atoms with Crippen molar-refractivity contribution < 1.29 is 31.1 Å². The predicted molar refractivity (Wildman–Crippen MR) is 126 cm³/mol. The van der Waals surface area contributed by atoms with E-state index in [-0.39, 0.29) is 16.5 Å². The Kier molecular flexibility index (Phi) is 5.24.